The Morgan fingerprint density at radius 3 is 1.96 bits per heavy atom. The molecule has 2 amide bonds. The molecule has 1 heterocycles. The van der Waals surface area contributed by atoms with Crippen LogP contribution in [-0.2, 0) is 35.3 Å². The van der Waals surface area contributed by atoms with E-state index in [1.807, 2.05) is 6.07 Å². The third-order valence-electron chi connectivity index (χ3n) is 7.73. The fourth-order valence-electron chi connectivity index (χ4n) is 5.21. The van der Waals surface area contributed by atoms with Crippen LogP contribution >= 0.6 is 0 Å². The molecule has 48 heavy (non-hydrogen) atoms. The number of carbonyl (C=O) groups excluding carboxylic acids is 2. The van der Waals surface area contributed by atoms with E-state index in [0.717, 1.165) is 10.6 Å². The van der Waals surface area contributed by atoms with Gasteiger partial charge in [0.15, 0.2) is 0 Å². The molecule has 0 bridgehead atoms. The second kappa shape index (κ2) is 20.5. The summed E-state index contributed by atoms with van der Waals surface area (Å²) in [6.07, 6.45) is -1.25. The summed E-state index contributed by atoms with van der Waals surface area (Å²) in [6, 6.07) is 7.30. The van der Waals surface area contributed by atoms with E-state index < -0.39 is 48.0 Å². The van der Waals surface area contributed by atoms with E-state index in [0.29, 0.717) is 0 Å². The molecule has 0 saturated carbocycles. The summed E-state index contributed by atoms with van der Waals surface area (Å²) in [6.45, 7) is 3.83. The van der Waals surface area contributed by atoms with Crippen LogP contribution in [0.5, 0.6) is 0 Å². The van der Waals surface area contributed by atoms with Gasteiger partial charge < -0.3 is 0 Å². The number of aliphatic carboxylic acids is 4. The van der Waals surface area contributed by atoms with Gasteiger partial charge in [0.1, 0.15) is 6.61 Å². The van der Waals surface area contributed by atoms with E-state index in [1.165, 1.54) is 38.3 Å². The molecule has 2 atom stereocenters. The molecule has 2 unspecified atom stereocenters. The molecule has 5 N–H and O–H groups in total. The fourth-order valence-corrected chi connectivity index (χ4v) is 5.97. The van der Waals surface area contributed by atoms with Gasteiger partial charge in [0, 0.05) is 0 Å². The maximum absolute atomic E-state index is 13.3. The van der Waals surface area contributed by atoms with E-state index >= 15 is 0 Å². The molecule has 1 saturated heterocycles. The summed E-state index contributed by atoms with van der Waals surface area (Å²) in [5.41, 5.74) is 3.19. The number of quaternary nitrogens is 1. The third kappa shape index (κ3) is 15.5. The predicted octanol–water partition coefficient (Wildman–Crippen LogP) is -0.247. The van der Waals surface area contributed by atoms with Crippen molar-refractivity contribution in [2.45, 2.75) is 45.4 Å². The Kier molecular flexibility index (Phi) is 17.6. The van der Waals surface area contributed by atoms with Crippen LogP contribution in [0.1, 0.15) is 32.3 Å². The molecule has 1 aliphatic heterocycles. The van der Waals surface area contributed by atoms with Crippen LogP contribution in [0.4, 0.5) is 4.79 Å². The van der Waals surface area contributed by atoms with E-state index in [9.17, 15) is 49.2 Å². The van der Waals surface area contributed by atoms with Crippen LogP contribution in [0, 0.1) is 38.3 Å². The number of carbonyl (C=O) groups is 6. The Bertz CT molecular complexity index is 1260. The van der Waals surface area contributed by atoms with Crippen LogP contribution in [0.25, 0.3) is 0 Å². The summed E-state index contributed by atoms with van der Waals surface area (Å²) in [5, 5.41) is 39.9. The van der Waals surface area contributed by atoms with E-state index in [-0.39, 0.29) is 92.1 Å². The van der Waals surface area contributed by atoms with Gasteiger partial charge in [-0.3, -0.25) is 0 Å². The van der Waals surface area contributed by atoms with Crippen molar-refractivity contribution >= 4 is 35.9 Å². The van der Waals surface area contributed by atoms with Crippen LogP contribution < -0.4 is 5.43 Å². The van der Waals surface area contributed by atoms with E-state index in [1.54, 1.807) is 52.8 Å². The van der Waals surface area contributed by atoms with Crippen molar-refractivity contribution < 1.29 is 92.9 Å². The van der Waals surface area contributed by atoms with Crippen molar-refractivity contribution in [2.75, 3.05) is 72.0 Å². The SMILES string of the molecule is CC(C)N(NC(=O)OCc1ccccc1)C(=O)CCC(C(=O)O)N1CCN(CC(=O)O)CCN(CC(=O)O)CC[N+]([Gd])(CC(=O)O)CC1. The zero-order valence-electron chi connectivity index (χ0n) is 27.2. The summed E-state index contributed by atoms with van der Waals surface area (Å²) in [4.78, 5) is 78.1. The van der Waals surface area contributed by atoms with Gasteiger partial charge in [0.25, 0.3) is 0 Å². The summed E-state index contributed by atoms with van der Waals surface area (Å²) >= 11 is 1.44. The molecular formula is C30H46GdN6O11+. The molecule has 0 radical (unpaired) electrons. The molecule has 1 aromatic rings. The number of benzene rings is 1. The number of nitrogens with one attached hydrogen (secondary N) is 1. The standard InChI is InChI=1S/C30H46N6O11.Gd/c1-22(2)36(31-30(46)47-21-23-6-4-3-5-7-23)25(37)9-8-24(29(44)45)35-16-14-33(19-27(40)41)12-10-32(18-26(38)39)11-13-34(15-17-35)20-28(42)43;/h3-7,22,24H,8-21H2,1-2H3,(H,31,46)(H,38,39)(H,40,41)(H,42,43)(H,44,45);/q;+1. The van der Waals surface area contributed by atoms with Gasteiger partial charge in [-0.2, -0.15) is 0 Å². The second-order valence-corrected chi connectivity index (χ2v) is 14.0. The molecule has 1 aromatic carbocycles. The number of rotatable bonds is 14. The predicted molar refractivity (Wildman–Crippen MR) is 165 cm³/mol. The zero-order valence-corrected chi connectivity index (χ0v) is 29.4. The first-order chi connectivity index (χ1) is 22.6. The van der Waals surface area contributed by atoms with Crippen molar-refractivity contribution in [1.29, 1.82) is 0 Å². The van der Waals surface area contributed by atoms with Crippen molar-refractivity contribution in [3.05, 3.63) is 35.9 Å². The van der Waals surface area contributed by atoms with Gasteiger partial charge in [-0.05, 0) is 5.56 Å². The van der Waals surface area contributed by atoms with Gasteiger partial charge in [-0.15, -0.1) is 0 Å². The molecule has 0 spiro atoms. The Labute approximate surface area is 305 Å². The molecule has 2 rings (SSSR count). The van der Waals surface area contributed by atoms with Crippen LogP contribution in [-0.4, -0.2) is 161 Å². The Balaban J connectivity index is 2.22. The van der Waals surface area contributed by atoms with Crippen molar-refractivity contribution in [2.24, 2.45) is 0 Å². The monoisotopic (exact) mass is 824 g/mol. The molecule has 18 heteroatoms. The van der Waals surface area contributed by atoms with Crippen molar-refractivity contribution in [1.82, 2.24) is 25.1 Å². The second-order valence-electron chi connectivity index (χ2n) is 11.8. The molecule has 0 aliphatic carbocycles. The number of nitrogens with zero attached hydrogens (tertiary/aromatic N) is 5. The molecule has 269 valence electrons. The van der Waals surface area contributed by atoms with Gasteiger partial charge >= 0.3 is 265 Å². The van der Waals surface area contributed by atoms with Crippen LogP contribution in [0.2, 0.25) is 0 Å². The Morgan fingerprint density at radius 1 is 0.854 bits per heavy atom. The topological polar surface area (TPSA) is 218 Å². The molecule has 1 aliphatic rings. The van der Waals surface area contributed by atoms with E-state index in [2.05, 4.69) is 5.43 Å². The number of carboxylic acids is 4. The summed E-state index contributed by atoms with van der Waals surface area (Å²) in [5.74, 6) is -4.99. The van der Waals surface area contributed by atoms with Gasteiger partial charge in [-0.1, -0.05) is 30.3 Å². The van der Waals surface area contributed by atoms with Crippen molar-refractivity contribution in [3.63, 3.8) is 0 Å². The van der Waals surface area contributed by atoms with Crippen LogP contribution in [0.3, 0.4) is 0 Å². The number of hydrogen-bond acceptors (Lipinski definition) is 10. The summed E-state index contributed by atoms with van der Waals surface area (Å²) < 4.78 is 5.24. The third-order valence-corrected chi connectivity index (χ3v) is 9.10. The minimum atomic E-state index is -1.21. The zero-order chi connectivity index (χ0) is 35.9. The number of carboxylic acid groups (broad SMARTS) is 4. The normalized spacial score (nSPS) is 19.3. The maximum atomic E-state index is 13.3. The summed E-state index contributed by atoms with van der Waals surface area (Å²) in [7, 11) is 0. The molecule has 0 aromatic heterocycles. The average molecular weight is 824 g/mol. The number of ether oxygens (including phenoxy) is 1. The molecular weight excluding hydrogens is 778 g/mol. The van der Waals surface area contributed by atoms with Crippen molar-refractivity contribution in [3.8, 4) is 0 Å². The van der Waals surface area contributed by atoms with Crippen LogP contribution in [0.15, 0.2) is 30.3 Å². The number of hydrazine groups is 1. The molecule has 1 fully saturated rings. The molecule has 17 nitrogen and oxygen atoms in total. The number of amides is 2. The first-order valence-corrected chi connectivity index (χ1v) is 16.5. The van der Waals surface area contributed by atoms with Gasteiger partial charge in [0.2, 0.25) is 0 Å². The quantitative estimate of drug-likeness (QED) is 0.153. The Morgan fingerprint density at radius 2 is 1.42 bits per heavy atom. The van der Waals surface area contributed by atoms with Gasteiger partial charge in [-0.25, -0.2) is 0 Å². The minimum absolute atomic E-state index is 0.0147. The first kappa shape index (κ1) is 41.2. The number of hydrogen-bond donors (Lipinski definition) is 5. The van der Waals surface area contributed by atoms with E-state index in [4.69, 9.17) is 4.74 Å². The first-order valence-electron chi connectivity index (χ1n) is 15.5. The Hall–Kier alpha value is -3.00. The average Bonchev–Trinajstić information content (AvgIpc) is 2.99. The fraction of sp³-hybridized carbons (Fsp3) is 0.600. The van der Waals surface area contributed by atoms with Gasteiger partial charge in [0.05, 0.1) is 0 Å².